The number of hydrogen-bond acceptors (Lipinski definition) is 15. The fourth-order valence-corrected chi connectivity index (χ4v) is 5.10. The summed E-state index contributed by atoms with van der Waals surface area (Å²) in [7, 11) is 1.38. The predicted molar refractivity (Wildman–Crippen MR) is 140 cm³/mol. The third-order valence-electron chi connectivity index (χ3n) is 7.37. The van der Waals surface area contributed by atoms with Crippen LogP contribution in [0.1, 0.15) is 5.76 Å². The lowest BCUT2D eigenvalue weighted by Gasteiger charge is -2.42. The third-order valence-corrected chi connectivity index (χ3v) is 7.37. The van der Waals surface area contributed by atoms with Crippen molar-refractivity contribution >= 4 is 21.7 Å². The molecular weight excluding hydrogens is 564 g/mol. The number of aryl methyl sites for hydroxylation is 1. The molecule has 15 heteroatoms. The second-order valence-electron chi connectivity index (χ2n) is 10.2. The van der Waals surface area contributed by atoms with Crippen LogP contribution >= 0.6 is 0 Å². The van der Waals surface area contributed by atoms with E-state index in [4.69, 9.17) is 28.1 Å². The quantitative estimate of drug-likeness (QED) is 0.137. The Morgan fingerprint density at radius 2 is 1.45 bits per heavy atom. The number of fused-ring (bicyclic) bond motifs is 3. The van der Waals surface area contributed by atoms with Crippen molar-refractivity contribution in [2.75, 3.05) is 20.3 Å². The van der Waals surface area contributed by atoms with Crippen LogP contribution in [-0.2, 0) is 14.2 Å². The highest BCUT2D eigenvalue weighted by Gasteiger charge is 2.48. The molecule has 8 N–H and O–H groups in total. The van der Waals surface area contributed by atoms with Crippen LogP contribution in [0, 0.1) is 6.92 Å². The van der Waals surface area contributed by atoms with E-state index >= 15 is 0 Å². The van der Waals surface area contributed by atoms with Gasteiger partial charge in [-0.25, -0.2) is 0 Å². The number of aromatic hydroxyl groups is 1. The van der Waals surface area contributed by atoms with Gasteiger partial charge in [0.2, 0.25) is 6.29 Å². The number of aliphatic hydroxyl groups excluding tert-OH is 7. The fraction of sp³-hybridized carbons (Fsp3) is 0.519. The Balaban J connectivity index is 1.45. The Bertz CT molecular complexity index is 1490. The summed E-state index contributed by atoms with van der Waals surface area (Å²) in [6, 6.07) is 5.49. The van der Waals surface area contributed by atoms with E-state index in [0.717, 1.165) is 0 Å². The molecule has 0 bridgehead atoms. The molecular formula is C27H32O15. The number of phenols is 1. The second-order valence-corrected chi connectivity index (χ2v) is 10.2. The van der Waals surface area contributed by atoms with Crippen LogP contribution in [0.25, 0.3) is 21.7 Å². The standard InChI is InChI=1S/C27H32O15/c1-9-3-12(29)18-13(30)5-10-4-11(37-2)6-14(17(10)25(18)39-9)40-27-24(36)22(34)20(32)16(42-27)8-38-26-23(35)21(33)19(31)15(7-28)41-26/h3-6,15-16,19-24,26-28,30-36H,7-8H2,1-2H3. The number of rotatable bonds is 7. The van der Waals surface area contributed by atoms with Crippen LogP contribution in [0.2, 0.25) is 0 Å². The van der Waals surface area contributed by atoms with Crippen LogP contribution in [0.4, 0.5) is 0 Å². The van der Waals surface area contributed by atoms with Gasteiger partial charge in [-0.2, -0.15) is 0 Å². The summed E-state index contributed by atoms with van der Waals surface area (Å²) in [6.45, 7) is 0.304. The highest BCUT2D eigenvalue weighted by Crippen LogP contribution is 2.41. The van der Waals surface area contributed by atoms with Crippen molar-refractivity contribution in [3.05, 3.63) is 40.2 Å². The molecule has 230 valence electrons. The molecule has 3 aromatic rings. The molecule has 10 atom stereocenters. The van der Waals surface area contributed by atoms with Gasteiger partial charge in [-0.1, -0.05) is 0 Å². The number of phenolic OH excluding ortho intramolecular Hbond substituents is 1. The van der Waals surface area contributed by atoms with Crippen LogP contribution in [0.5, 0.6) is 17.2 Å². The molecule has 2 saturated heterocycles. The van der Waals surface area contributed by atoms with Crippen molar-refractivity contribution in [3.8, 4) is 17.2 Å². The summed E-state index contributed by atoms with van der Waals surface area (Å²) in [5.74, 6) is 0.145. The molecule has 1 aromatic heterocycles. The van der Waals surface area contributed by atoms with Crippen molar-refractivity contribution in [2.45, 2.75) is 68.3 Å². The van der Waals surface area contributed by atoms with Gasteiger partial charge in [0.05, 0.1) is 25.7 Å². The topological polar surface area (TPSA) is 238 Å². The van der Waals surface area contributed by atoms with Crippen molar-refractivity contribution in [1.82, 2.24) is 0 Å². The highest BCUT2D eigenvalue weighted by molar-refractivity contribution is 6.10. The van der Waals surface area contributed by atoms with Crippen molar-refractivity contribution in [2.24, 2.45) is 0 Å². The van der Waals surface area contributed by atoms with E-state index in [0.29, 0.717) is 5.39 Å². The summed E-state index contributed by atoms with van der Waals surface area (Å²) >= 11 is 0. The molecule has 2 fully saturated rings. The maximum absolute atomic E-state index is 12.7. The van der Waals surface area contributed by atoms with E-state index in [9.17, 15) is 45.6 Å². The summed E-state index contributed by atoms with van der Waals surface area (Å²) in [5, 5.41) is 82.4. The first-order valence-electron chi connectivity index (χ1n) is 13.0. The molecule has 15 nitrogen and oxygen atoms in total. The average molecular weight is 597 g/mol. The molecule has 5 rings (SSSR count). The van der Waals surface area contributed by atoms with E-state index in [1.807, 2.05) is 0 Å². The van der Waals surface area contributed by atoms with Crippen LogP contribution in [0.3, 0.4) is 0 Å². The zero-order valence-corrected chi connectivity index (χ0v) is 22.4. The lowest BCUT2D eigenvalue weighted by atomic mass is 9.98. The molecule has 0 aliphatic carbocycles. The van der Waals surface area contributed by atoms with E-state index in [1.165, 1.54) is 25.3 Å². The molecule has 2 aromatic carbocycles. The van der Waals surface area contributed by atoms with Gasteiger partial charge in [0.15, 0.2) is 17.3 Å². The van der Waals surface area contributed by atoms with Gasteiger partial charge < -0.3 is 69.0 Å². The molecule has 2 aliphatic rings. The van der Waals surface area contributed by atoms with E-state index < -0.39 is 80.1 Å². The lowest BCUT2D eigenvalue weighted by Crippen LogP contribution is -2.62. The Hall–Kier alpha value is -3.09. The van der Waals surface area contributed by atoms with Gasteiger partial charge in [0, 0.05) is 12.1 Å². The van der Waals surface area contributed by atoms with E-state index in [2.05, 4.69) is 0 Å². The van der Waals surface area contributed by atoms with Crippen molar-refractivity contribution in [1.29, 1.82) is 0 Å². The molecule has 0 saturated carbocycles. The number of aliphatic hydroxyl groups is 7. The maximum atomic E-state index is 12.7. The smallest absolute Gasteiger partial charge is 0.229 e. The minimum atomic E-state index is -1.80. The summed E-state index contributed by atoms with van der Waals surface area (Å²) < 4.78 is 33.6. The molecule has 42 heavy (non-hydrogen) atoms. The normalized spacial score (nSPS) is 33.6. The zero-order valence-electron chi connectivity index (χ0n) is 22.4. The van der Waals surface area contributed by atoms with Crippen molar-refractivity contribution < 1.29 is 69.0 Å². The van der Waals surface area contributed by atoms with E-state index in [1.54, 1.807) is 13.0 Å². The molecule has 0 spiro atoms. The second kappa shape index (κ2) is 11.9. The summed E-state index contributed by atoms with van der Waals surface area (Å²) in [6.07, 6.45) is -16.1. The molecule has 10 unspecified atom stereocenters. The van der Waals surface area contributed by atoms with Gasteiger partial charge >= 0.3 is 0 Å². The van der Waals surface area contributed by atoms with Crippen LogP contribution in [0.15, 0.2) is 33.5 Å². The maximum Gasteiger partial charge on any atom is 0.229 e. The minimum Gasteiger partial charge on any atom is -0.507 e. The molecule has 0 amide bonds. The zero-order chi connectivity index (χ0) is 30.5. The fourth-order valence-electron chi connectivity index (χ4n) is 5.10. The van der Waals surface area contributed by atoms with Gasteiger partial charge in [0.25, 0.3) is 0 Å². The Labute approximate surface area is 237 Å². The number of methoxy groups -OCH3 is 1. The first-order valence-corrected chi connectivity index (χ1v) is 13.0. The Morgan fingerprint density at radius 3 is 2.12 bits per heavy atom. The number of hydrogen-bond donors (Lipinski definition) is 8. The summed E-state index contributed by atoms with van der Waals surface area (Å²) in [5.41, 5.74) is -0.520. The first kappa shape index (κ1) is 30.4. The Kier molecular flexibility index (Phi) is 8.60. The van der Waals surface area contributed by atoms with Gasteiger partial charge in [-0.3, -0.25) is 4.79 Å². The molecule has 3 heterocycles. The van der Waals surface area contributed by atoms with Gasteiger partial charge in [0.1, 0.15) is 77.2 Å². The third kappa shape index (κ3) is 5.40. The highest BCUT2D eigenvalue weighted by atomic mass is 16.7. The SMILES string of the molecule is COc1cc(OC2OC(COC3OC(CO)C(O)C(O)C3O)C(O)C(O)C2O)c2c(c1)cc(O)c1c(=O)cc(C)oc12. The Morgan fingerprint density at radius 1 is 0.810 bits per heavy atom. The first-order chi connectivity index (χ1) is 19.9. The average Bonchev–Trinajstić information content (AvgIpc) is 2.95. The molecule has 2 aliphatic heterocycles. The van der Waals surface area contributed by atoms with Crippen molar-refractivity contribution in [3.63, 3.8) is 0 Å². The van der Waals surface area contributed by atoms with Gasteiger partial charge in [-0.05, 0) is 24.4 Å². The van der Waals surface area contributed by atoms with Crippen LogP contribution < -0.4 is 14.9 Å². The largest absolute Gasteiger partial charge is 0.507 e. The number of benzene rings is 2. The number of ether oxygens (including phenoxy) is 5. The monoisotopic (exact) mass is 596 g/mol. The predicted octanol–water partition coefficient (Wildman–Crippen LogP) is -2.03. The minimum absolute atomic E-state index is 0.0129. The lowest BCUT2D eigenvalue weighted by molar-refractivity contribution is -0.323. The van der Waals surface area contributed by atoms with Gasteiger partial charge in [-0.15, -0.1) is 0 Å². The van der Waals surface area contributed by atoms with Crippen LogP contribution in [-0.4, -0.2) is 123 Å². The summed E-state index contributed by atoms with van der Waals surface area (Å²) in [4.78, 5) is 12.7. The van der Waals surface area contributed by atoms with E-state index in [-0.39, 0.29) is 39.4 Å². The molecule has 0 radical (unpaired) electrons.